The second-order valence-electron chi connectivity index (χ2n) is 6.16. The van der Waals surface area contributed by atoms with Gasteiger partial charge in [0.05, 0.1) is 5.92 Å². The largest absolute Gasteiger partial charge is 0.481 e. The molecule has 0 radical (unpaired) electrons. The van der Waals surface area contributed by atoms with Gasteiger partial charge in [0, 0.05) is 40.7 Å². The number of rotatable bonds is 5. The van der Waals surface area contributed by atoms with E-state index in [4.69, 9.17) is 0 Å². The number of hydrogen-bond donors (Lipinski definition) is 1. The van der Waals surface area contributed by atoms with Gasteiger partial charge in [0.25, 0.3) is 0 Å². The van der Waals surface area contributed by atoms with Crippen LogP contribution in [-0.2, 0) is 9.59 Å². The van der Waals surface area contributed by atoms with Crippen molar-refractivity contribution < 1.29 is 19.5 Å². The normalized spacial score (nSPS) is 21.3. The maximum absolute atomic E-state index is 12.4. The summed E-state index contributed by atoms with van der Waals surface area (Å²) in [4.78, 5) is 39.6. The number of carbonyl (C=O) groups is 3. The Kier molecular flexibility index (Phi) is 5.57. The summed E-state index contributed by atoms with van der Waals surface area (Å²) in [5.74, 6) is -1.50. The quantitative estimate of drug-likeness (QED) is 0.838. The summed E-state index contributed by atoms with van der Waals surface area (Å²) in [5, 5.41) is 9.22. The third-order valence-electron chi connectivity index (χ3n) is 4.53. The third kappa shape index (κ3) is 3.99. The van der Waals surface area contributed by atoms with Crippen LogP contribution in [0.4, 0.5) is 0 Å². The molecule has 1 aliphatic heterocycles. The van der Waals surface area contributed by atoms with Crippen molar-refractivity contribution in [1.82, 2.24) is 4.90 Å². The number of ketones is 1. The lowest BCUT2D eigenvalue weighted by atomic mass is 9.90. The number of nitrogens with zero attached hydrogens (tertiary/aromatic N) is 1. The number of Topliss-reactive ketones (excluding diaryl/α,β-unsaturated/α-hetero) is 1. The molecular weight excluding hydrogens is 314 g/mol. The SMILES string of the molecule is Cc1cc(C(=O)CCC(=O)N2CCC[C@@H](C(=O)O)[C@H]2C)c(C)s1. The fourth-order valence-electron chi connectivity index (χ4n) is 3.23. The van der Waals surface area contributed by atoms with Gasteiger partial charge in [-0.3, -0.25) is 14.4 Å². The van der Waals surface area contributed by atoms with Crippen LogP contribution in [0.5, 0.6) is 0 Å². The van der Waals surface area contributed by atoms with Gasteiger partial charge < -0.3 is 10.0 Å². The molecule has 1 aromatic rings. The summed E-state index contributed by atoms with van der Waals surface area (Å²) >= 11 is 1.58. The minimum absolute atomic E-state index is 0.0142. The van der Waals surface area contributed by atoms with Crippen molar-refractivity contribution in [2.45, 2.75) is 52.5 Å². The molecule has 0 unspecified atom stereocenters. The number of carboxylic acids is 1. The molecule has 2 rings (SSSR count). The first kappa shape index (κ1) is 17.7. The molecule has 0 spiro atoms. The molecule has 5 nitrogen and oxygen atoms in total. The average molecular weight is 337 g/mol. The summed E-state index contributed by atoms with van der Waals surface area (Å²) in [6.45, 7) is 6.23. The van der Waals surface area contributed by atoms with Crippen LogP contribution in [0.3, 0.4) is 0 Å². The van der Waals surface area contributed by atoms with Crippen molar-refractivity contribution >= 4 is 29.0 Å². The number of piperidine rings is 1. The van der Waals surface area contributed by atoms with E-state index in [0.29, 0.717) is 24.9 Å². The van der Waals surface area contributed by atoms with E-state index < -0.39 is 11.9 Å². The Morgan fingerprint density at radius 3 is 2.57 bits per heavy atom. The van der Waals surface area contributed by atoms with E-state index >= 15 is 0 Å². The van der Waals surface area contributed by atoms with E-state index in [1.165, 1.54) is 0 Å². The number of carboxylic acid groups (broad SMARTS) is 1. The molecule has 0 aromatic carbocycles. The molecule has 2 atom stereocenters. The zero-order valence-corrected chi connectivity index (χ0v) is 14.6. The molecule has 0 saturated carbocycles. The predicted octanol–water partition coefficient (Wildman–Crippen LogP) is 3.04. The number of likely N-dealkylation sites (tertiary alicyclic amines) is 1. The number of aryl methyl sites for hydroxylation is 2. The highest BCUT2D eigenvalue weighted by molar-refractivity contribution is 7.12. The Balaban J connectivity index is 1.95. The van der Waals surface area contributed by atoms with Crippen LogP contribution in [0.15, 0.2) is 6.07 Å². The van der Waals surface area contributed by atoms with Gasteiger partial charge in [-0.05, 0) is 39.7 Å². The molecule has 23 heavy (non-hydrogen) atoms. The van der Waals surface area contributed by atoms with Crippen LogP contribution in [0.25, 0.3) is 0 Å². The number of hydrogen-bond acceptors (Lipinski definition) is 4. The highest BCUT2D eigenvalue weighted by atomic mass is 32.1. The number of aliphatic carboxylic acids is 1. The van der Waals surface area contributed by atoms with E-state index in [2.05, 4.69) is 0 Å². The van der Waals surface area contributed by atoms with Gasteiger partial charge in [-0.2, -0.15) is 0 Å². The maximum atomic E-state index is 12.4. The molecule has 1 aromatic heterocycles. The van der Waals surface area contributed by atoms with Crippen molar-refractivity contribution in [3.05, 3.63) is 21.4 Å². The molecule has 126 valence electrons. The summed E-state index contributed by atoms with van der Waals surface area (Å²) in [6, 6.07) is 1.56. The van der Waals surface area contributed by atoms with Crippen LogP contribution >= 0.6 is 11.3 Å². The Bertz CT molecular complexity index is 622. The van der Waals surface area contributed by atoms with Crippen molar-refractivity contribution in [3.8, 4) is 0 Å². The smallest absolute Gasteiger partial charge is 0.308 e. The second-order valence-corrected chi connectivity index (χ2v) is 7.63. The Hall–Kier alpha value is -1.69. The maximum Gasteiger partial charge on any atom is 0.308 e. The van der Waals surface area contributed by atoms with Gasteiger partial charge in [0.1, 0.15) is 0 Å². The standard InChI is InChI=1S/C17H23NO4S/c1-10-9-14(12(3)23-10)15(19)6-7-16(20)18-8-4-5-13(11(18)2)17(21)22/h9,11,13H,4-8H2,1-3H3,(H,21,22)/t11-,13-/m1/s1. The molecule has 0 bridgehead atoms. The number of carbonyl (C=O) groups excluding carboxylic acids is 2. The Morgan fingerprint density at radius 2 is 2.00 bits per heavy atom. The van der Waals surface area contributed by atoms with E-state index in [1.807, 2.05) is 19.9 Å². The van der Waals surface area contributed by atoms with E-state index in [9.17, 15) is 19.5 Å². The van der Waals surface area contributed by atoms with E-state index in [0.717, 1.165) is 9.75 Å². The molecule has 2 heterocycles. The fourth-order valence-corrected chi connectivity index (χ4v) is 4.17. The number of amides is 1. The summed E-state index contributed by atoms with van der Waals surface area (Å²) in [5.41, 5.74) is 0.704. The lowest BCUT2D eigenvalue weighted by Gasteiger charge is -2.37. The Labute approximate surface area is 140 Å². The topological polar surface area (TPSA) is 74.7 Å². The highest BCUT2D eigenvalue weighted by Gasteiger charge is 2.35. The molecule has 0 aliphatic carbocycles. The average Bonchev–Trinajstić information content (AvgIpc) is 2.83. The first-order chi connectivity index (χ1) is 10.8. The van der Waals surface area contributed by atoms with Crippen molar-refractivity contribution in [2.75, 3.05) is 6.54 Å². The zero-order valence-electron chi connectivity index (χ0n) is 13.8. The minimum Gasteiger partial charge on any atom is -0.481 e. The first-order valence-electron chi connectivity index (χ1n) is 7.93. The fraction of sp³-hybridized carbons (Fsp3) is 0.588. The van der Waals surface area contributed by atoms with Gasteiger partial charge in [-0.25, -0.2) is 0 Å². The third-order valence-corrected chi connectivity index (χ3v) is 5.50. The summed E-state index contributed by atoms with van der Waals surface area (Å²) in [7, 11) is 0. The minimum atomic E-state index is -0.851. The van der Waals surface area contributed by atoms with Gasteiger partial charge in [-0.15, -0.1) is 11.3 Å². The van der Waals surface area contributed by atoms with Crippen LogP contribution < -0.4 is 0 Å². The van der Waals surface area contributed by atoms with Crippen molar-refractivity contribution in [2.24, 2.45) is 5.92 Å². The highest BCUT2D eigenvalue weighted by Crippen LogP contribution is 2.26. The second kappa shape index (κ2) is 7.25. The summed E-state index contributed by atoms with van der Waals surface area (Å²) < 4.78 is 0. The molecule has 1 aliphatic rings. The van der Waals surface area contributed by atoms with Crippen molar-refractivity contribution in [3.63, 3.8) is 0 Å². The van der Waals surface area contributed by atoms with Gasteiger partial charge in [0.2, 0.25) is 5.91 Å². The van der Waals surface area contributed by atoms with Crippen LogP contribution in [0.1, 0.15) is 52.7 Å². The first-order valence-corrected chi connectivity index (χ1v) is 8.75. The molecule has 6 heteroatoms. The van der Waals surface area contributed by atoms with Crippen LogP contribution in [0.2, 0.25) is 0 Å². The van der Waals surface area contributed by atoms with Gasteiger partial charge in [0.15, 0.2) is 5.78 Å². The lowest BCUT2D eigenvalue weighted by molar-refractivity contribution is -0.149. The molecular formula is C17H23NO4S. The van der Waals surface area contributed by atoms with E-state index in [-0.39, 0.29) is 30.6 Å². The number of thiophene rings is 1. The van der Waals surface area contributed by atoms with Crippen LogP contribution in [-0.4, -0.2) is 40.3 Å². The predicted molar refractivity (Wildman–Crippen MR) is 88.9 cm³/mol. The monoisotopic (exact) mass is 337 g/mol. The lowest BCUT2D eigenvalue weighted by Crippen LogP contribution is -2.49. The zero-order chi connectivity index (χ0) is 17.1. The van der Waals surface area contributed by atoms with E-state index in [1.54, 1.807) is 23.2 Å². The Morgan fingerprint density at radius 1 is 1.30 bits per heavy atom. The summed E-state index contributed by atoms with van der Waals surface area (Å²) in [6.07, 6.45) is 1.62. The molecule has 1 saturated heterocycles. The molecule has 1 N–H and O–H groups in total. The van der Waals surface area contributed by atoms with Gasteiger partial charge in [-0.1, -0.05) is 0 Å². The van der Waals surface area contributed by atoms with Crippen molar-refractivity contribution in [1.29, 1.82) is 0 Å². The van der Waals surface area contributed by atoms with Gasteiger partial charge >= 0.3 is 5.97 Å². The van der Waals surface area contributed by atoms with Crippen LogP contribution in [0, 0.1) is 19.8 Å². The molecule has 1 amide bonds. The molecule has 1 fully saturated rings.